The van der Waals surface area contributed by atoms with Crippen molar-refractivity contribution in [3.63, 3.8) is 0 Å². The lowest BCUT2D eigenvalue weighted by molar-refractivity contribution is 0.108. The standard InChI is InChI=1S/C8H6N2.F2/c1-2-4-8-7(3-1)5-9-6-10-8;1-2/h1-6H;. The summed E-state index contributed by atoms with van der Waals surface area (Å²) in [5.74, 6) is 0. The van der Waals surface area contributed by atoms with Crippen LogP contribution in [-0.4, -0.2) is 9.97 Å². The van der Waals surface area contributed by atoms with Gasteiger partial charge in [0.05, 0.1) is 5.52 Å². The van der Waals surface area contributed by atoms with Gasteiger partial charge in [-0.2, -0.15) is 0 Å². The van der Waals surface area contributed by atoms with E-state index in [0.29, 0.717) is 0 Å². The fourth-order valence-electron chi connectivity index (χ4n) is 0.923. The monoisotopic (exact) mass is 168 g/mol. The molecule has 0 aliphatic carbocycles. The summed E-state index contributed by atoms with van der Waals surface area (Å²) in [5, 5.41) is 1.09. The number of aromatic nitrogens is 2. The Morgan fingerprint density at radius 2 is 1.83 bits per heavy atom. The third kappa shape index (κ3) is 1.72. The van der Waals surface area contributed by atoms with Crippen molar-refractivity contribution in [3.05, 3.63) is 36.8 Å². The fraction of sp³-hybridized carbons (Fsp3) is 0. The lowest BCUT2D eigenvalue weighted by Crippen LogP contribution is -1.77. The molecule has 2 aromatic rings. The summed E-state index contributed by atoms with van der Waals surface area (Å²) in [6.45, 7) is 0. The van der Waals surface area contributed by atoms with E-state index in [4.69, 9.17) is 9.15 Å². The first-order chi connectivity index (χ1) is 5.97. The zero-order valence-corrected chi connectivity index (χ0v) is 6.11. The Morgan fingerprint density at radius 1 is 1.08 bits per heavy atom. The molecule has 2 rings (SSSR count). The molecule has 4 heteroatoms. The molecular formula is C8H6F2N2. The third-order valence-electron chi connectivity index (χ3n) is 1.41. The van der Waals surface area contributed by atoms with Crippen molar-refractivity contribution in [1.82, 2.24) is 9.97 Å². The minimum atomic E-state index is 0.998. The molecule has 62 valence electrons. The SMILES string of the molecule is FF.c1ccc2ncncc2c1. The van der Waals surface area contributed by atoms with Gasteiger partial charge in [-0.05, 0) is 6.07 Å². The molecule has 0 unspecified atom stereocenters. The smallest absolute Gasteiger partial charge is 0.116 e. The number of benzene rings is 1. The van der Waals surface area contributed by atoms with Crippen molar-refractivity contribution >= 4 is 10.9 Å². The minimum absolute atomic E-state index is 0.998. The number of fused-ring (bicyclic) bond motifs is 1. The molecule has 0 N–H and O–H groups in total. The third-order valence-corrected chi connectivity index (χ3v) is 1.41. The number of nitrogens with zero attached hydrogens (tertiary/aromatic N) is 2. The molecule has 0 bridgehead atoms. The van der Waals surface area contributed by atoms with Gasteiger partial charge in [-0.1, -0.05) is 18.2 Å². The normalized spacial score (nSPS) is 8.83. The number of hydrogen-bond acceptors (Lipinski definition) is 2. The maximum Gasteiger partial charge on any atom is 0.116 e. The van der Waals surface area contributed by atoms with Crippen LogP contribution in [0.1, 0.15) is 0 Å². The van der Waals surface area contributed by atoms with Gasteiger partial charge in [-0.25, -0.2) is 9.97 Å². The maximum absolute atomic E-state index is 8.00. The zero-order valence-electron chi connectivity index (χ0n) is 6.11. The van der Waals surface area contributed by atoms with Crippen LogP contribution in [0, 0.1) is 0 Å². The second-order valence-corrected chi connectivity index (χ2v) is 2.08. The summed E-state index contributed by atoms with van der Waals surface area (Å²) in [6, 6.07) is 7.91. The molecule has 0 saturated heterocycles. The molecule has 0 aliphatic rings. The topological polar surface area (TPSA) is 25.8 Å². The van der Waals surface area contributed by atoms with E-state index in [2.05, 4.69) is 9.97 Å². The molecule has 12 heavy (non-hydrogen) atoms. The summed E-state index contributed by atoms with van der Waals surface area (Å²) in [7, 11) is 0. The van der Waals surface area contributed by atoms with E-state index in [0.717, 1.165) is 10.9 Å². The van der Waals surface area contributed by atoms with Crippen LogP contribution in [0.2, 0.25) is 0 Å². The Balaban J connectivity index is 0.000000336. The maximum atomic E-state index is 8.00. The van der Waals surface area contributed by atoms with Crippen molar-refractivity contribution in [2.45, 2.75) is 0 Å². The van der Waals surface area contributed by atoms with Gasteiger partial charge in [0.25, 0.3) is 0 Å². The number of halogens is 2. The minimum Gasteiger partial charge on any atom is -0.244 e. The second-order valence-electron chi connectivity index (χ2n) is 2.08. The average molecular weight is 168 g/mol. The average Bonchev–Trinajstić information content (AvgIpc) is 2.21. The highest BCUT2D eigenvalue weighted by Gasteiger charge is 1.87. The Kier molecular flexibility index (Phi) is 3.07. The first-order valence-corrected chi connectivity index (χ1v) is 3.26. The van der Waals surface area contributed by atoms with Gasteiger partial charge in [-0.3, -0.25) is 0 Å². The summed E-state index contributed by atoms with van der Waals surface area (Å²) in [6.07, 6.45) is 3.37. The first kappa shape index (κ1) is 8.52. The Labute approximate surface area is 67.7 Å². The summed E-state index contributed by atoms with van der Waals surface area (Å²) >= 11 is 0. The van der Waals surface area contributed by atoms with E-state index >= 15 is 0 Å². The number of para-hydroxylation sites is 1. The van der Waals surface area contributed by atoms with Gasteiger partial charge in [0.2, 0.25) is 0 Å². The molecule has 0 atom stereocenters. The molecule has 2 nitrogen and oxygen atoms in total. The molecule has 0 radical (unpaired) electrons. The van der Waals surface area contributed by atoms with Crippen LogP contribution >= 0.6 is 0 Å². The van der Waals surface area contributed by atoms with Gasteiger partial charge in [0, 0.05) is 20.7 Å². The van der Waals surface area contributed by atoms with E-state index < -0.39 is 0 Å². The molecule has 0 fully saturated rings. The Hall–Kier alpha value is -1.58. The largest absolute Gasteiger partial charge is 0.244 e. The molecule has 0 amide bonds. The van der Waals surface area contributed by atoms with Crippen LogP contribution in [0.25, 0.3) is 10.9 Å². The predicted octanol–water partition coefficient (Wildman–Crippen LogP) is 2.47. The highest BCUT2D eigenvalue weighted by molar-refractivity contribution is 5.76. The van der Waals surface area contributed by atoms with E-state index in [9.17, 15) is 0 Å². The molecule has 0 spiro atoms. The first-order valence-electron chi connectivity index (χ1n) is 3.26. The van der Waals surface area contributed by atoms with Crippen LogP contribution in [-0.2, 0) is 0 Å². The molecule has 1 aromatic carbocycles. The highest BCUT2D eigenvalue weighted by atomic mass is 20.0. The summed E-state index contributed by atoms with van der Waals surface area (Å²) in [5.41, 5.74) is 0.998. The van der Waals surface area contributed by atoms with Gasteiger partial charge < -0.3 is 0 Å². The Morgan fingerprint density at radius 3 is 2.58 bits per heavy atom. The molecule has 0 saturated carbocycles. The lowest BCUT2D eigenvalue weighted by Gasteiger charge is -1.90. The molecule has 1 heterocycles. The molecular weight excluding hydrogens is 162 g/mol. The predicted molar refractivity (Wildman–Crippen MR) is 41.8 cm³/mol. The summed E-state index contributed by atoms with van der Waals surface area (Å²) < 4.78 is 16.0. The Bertz CT molecular complexity index is 286. The lowest BCUT2D eigenvalue weighted by atomic mass is 10.2. The van der Waals surface area contributed by atoms with Crippen molar-refractivity contribution in [1.29, 1.82) is 0 Å². The van der Waals surface area contributed by atoms with Crippen LogP contribution < -0.4 is 0 Å². The van der Waals surface area contributed by atoms with Crippen molar-refractivity contribution in [2.24, 2.45) is 0 Å². The van der Waals surface area contributed by atoms with E-state index in [-0.39, 0.29) is 0 Å². The zero-order chi connectivity index (χ0) is 8.81. The van der Waals surface area contributed by atoms with Crippen LogP contribution in [0.4, 0.5) is 9.15 Å². The van der Waals surface area contributed by atoms with E-state index in [1.165, 1.54) is 0 Å². The second kappa shape index (κ2) is 4.33. The molecule has 1 aromatic heterocycles. The van der Waals surface area contributed by atoms with Crippen LogP contribution in [0.3, 0.4) is 0 Å². The van der Waals surface area contributed by atoms with Crippen molar-refractivity contribution in [3.8, 4) is 0 Å². The van der Waals surface area contributed by atoms with E-state index in [1.807, 2.05) is 30.5 Å². The number of hydrogen-bond donors (Lipinski definition) is 0. The van der Waals surface area contributed by atoms with Gasteiger partial charge in [0.1, 0.15) is 6.33 Å². The quantitative estimate of drug-likeness (QED) is 0.603. The number of rotatable bonds is 0. The van der Waals surface area contributed by atoms with Gasteiger partial charge >= 0.3 is 0 Å². The molecule has 0 aliphatic heterocycles. The van der Waals surface area contributed by atoms with Gasteiger partial charge in [-0.15, -0.1) is 0 Å². The van der Waals surface area contributed by atoms with Crippen LogP contribution in [0.5, 0.6) is 0 Å². The van der Waals surface area contributed by atoms with Crippen LogP contribution in [0.15, 0.2) is 36.8 Å². The highest BCUT2D eigenvalue weighted by Crippen LogP contribution is 2.06. The fourth-order valence-corrected chi connectivity index (χ4v) is 0.923. The summed E-state index contributed by atoms with van der Waals surface area (Å²) in [4.78, 5) is 7.97. The van der Waals surface area contributed by atoms with Crippen molar-refractivity contribution < 1.29 is 9.15 Å². The van der Waals surface area contributed by atoms with Gasteiger partial charge in [0.15, 0.2) is 0 Å². The van der Waals surface area contributed by atoms with E-state index in [1.54, 1.807) is 6.33 Å². The van der Waals surface area contributed by atoms with Crippen molar-refractivity contribution in [2.75, 3.05) is 0 Å².